The summed E-state index contributed by atoms with van der Waals surface area (Å²) in [6.45, 7) is 1.18. The van der Waals surface area contributed by atoms with Crippen LogP contribution < -0.4 is 5.32 Å². The molecule has 0 bridgehead atoms. The molecule has 1 aromatic heterocycles. The van der Waals surface area contributed by atoms with Crippen molar-refractivity contribution < 1.29 is 19.4 Å². The van der Waals surface area contributed by atoms with E-state index in [1.807, 2.05) is 95.9 Å². The zero-order valence-electron chi connectivity index (χ0n) is 23.2. The number of methoxy groups -OCH3 is 1. The Bertz CT molecular complexity index is 1460. The first-order chi connectivity index (χ1) is 20.1. The number of hydrogen-bond donors (Lipinski definition) is 2. The van der Waals surface area contributed by atoms with Crippen LogP contribution in [0.2, 0.25) is 0 Å². The fourth-order valence-electron chi connectivity index (χ4n) is 5.87. The zero-order valence-corrected chi connectivity index (χ0v) is 23.2. The van der Waals surface area contributed by atoms with Crippen LogP contribution in [0.5, 0.6) is 0 Å². The van der Waals surface area contributed by atoms with Gasteiger partial charge >= 0.3 is 0 Å². The first kappa shape index (κ1) is 28.2. The van der Waals surface area contributed by atoms with Gasteiger partial charge < -0.3 is 20.1 Å². The van der Waals surface area contributed by atoms with Crippen molar-refractivity contribution in [1.29, 1.82) is 0 Å². The number of aliphatic hydroxyl groups is 1. The number of benzene rings is 3. The van der Waals surface area contributed by atoms with Crippen molar-refractivity contribution in [2.24, 2.45) is 0 Å². The number of fused-ring (bicyclic) bond motifs is 1. The van der Waals surface area contributed by atoms with Gasteiger partial charge in [0.25, 0.3) is 5.91 Å². The minimum Gasteiger partial charge on any atom is -0.392 e. The second-order valence-corrected chi connectivity index (χ2v) is 10.4. The predicted molar refractivity (Wildman–Crippen MR) is 157 cm³/mol. The predicted octanol–water partition coefficient (Wildman–Crippen LogP) is 4.60. The Morgan fingerprint density at radius 1 is 0.927 bits per heavy atom. The van der Waals surface area contributed by atoms with Gasteiger partial charge in [-0.05, 0) is 58.9 Å². The van der Waals surface area contributed by atoms with Crippen LogP contribution in [0.3, 0.4) is 0 Å². The lowest BCUT2D eigenvalue weighted by molar-refractivity contribution is -0.130. The normalized spacial score (nSPS) is 18.1. The Labute approximate surface area is 240 Å². The molecule has 0 saturated carbocycles. The number of aliphatic hydroxyl groups excluding tert-OH is 1. The van der Waals surface area contributed by atoms with Gasteiger partial charge in [0.2, 0.25) is 5.91 Å². The van der Waals surface area contributed by atoms with Crippen molar-refractivity contribution in [1.82, 2.24) is 15.2 Å². The van der Waals surface area contributed by atoms with Gasteiger partial charge in [-0.1, -0.05) is 72.8 Å². The summed E-state index contributed by atoms with van der Waals surface area (Å²) in [7, 11) is 1.64. The molecule has 0 spiro atoms. The van der Waals surface area contributed by atoms with E-state index in [2.05, 4.69) is 10.3 Å². The quantitative estimate of drug-likeness (QED) is 0.267. The number of nitrogens with zero attached hydrogens (tertiary/aromatic N) is 2. The number of nitrogens with one attached hydrogen (secondary N) is 1. The fourth-order valence-corrected chi connectivity index (χ4v) is 5.87. The molecule has 0 unspecified atom stereocenters. The number of hydrogen-bond acceptors (Lipinski definition) is 5. The Morgan fingerprint density at radius 2 is 1.63 bits per heavy atom. The van der Waals surface area contributed by atoms with Gasteiger partial charge in [0.05, 0.1) is 12.6 Å². The topological polar surface area (TPSA) is 91.8 Å². The molecule has 4 aromatic rings. The number of ether oxygens (including phenoxy) is 1. The highest BCUT2D eigenvalue weighted by Crippen LogP contribution is 2.50. The van der Waals surface area contributed by atoms with Crippen LogP contribution in [0.1, 0.15) is 50.6 Å². The van der Waals surface area contributed by atoms with Crippen LogP contribution >= 0.6 is 0 Å². The smallest absolute Gasteiger partial charge is 0.255 e. The monoisotopic (exact) mass is 549 g/mol. The lowest BCUT2D eigenvalue weighted by Gasteiger charge is -2.50. The highest BCUT2D eigenvalue weighted by Gasteiger charge is 2.56. The summed E-state index contributed by atoms with van der Waals surface area (Å²) in [5.74, 6) is -0.280. The van der Waals surface area contributed by atoms with Crippen molar-refractivity contribution in [3.63, 3.8) is 0 Å². The van der Waals surface area contributed by atoms with E-state index in [0.29, 0.717) is 43.7 Å². The van der Waals surface area contributed by atoms with Gasteiger partial charge in [0.1, 0.15) is 5.41 Å². The minimum atomic E-state index is -1.15. The van der Waals surface area contributed by atoms with Gasteiger partial charge in [0, 0.05) is 44.8 Å². The first-order valence-electron chi connectivity index (χ1n) is 13.9. The van der Waals surface area contributed by atoms with Crippen molar-refractivity contribution >= 4 is 11.8 Å². The van der Waals surface area contributed by atoms with Crippen LogP contribution in [0, 0.1) is 0 Å². The van der Waals surface area contributed by atoms with Crippen molar-refractivity contribution in [2.45, 2.75) is 37.5 Å². The van der Waals surface area contributed by atoms with Gasteiger partial charge in [0.15, 0.2) is 0 Å². The maximum Gasteiger partial charge on any atom is 0.255 e. The third-order valence-corrected chi connectivity index (χ3v) is 7.80. The summed E-state index contributed by atoms with van der Waals surface area (Å²) in [5.41, 5.74) is 3.57. The number of pyridine rings is 1. The molecule has 7 nitrogen and oxygen atoms in total. The molecule has 5 rings (SSSR count). The Hall–Kier alpha value is -4.33. The fraction of sp³-hybridized carbons (Fsp3) is 0.265. The third-order valence-electron chi connectivity index (χ3n) is 7.80. The molecule has 2 heterocycles. The molecule has 210 valence electrons. The summed E-state index contributed by atoms with van der Waals surface area (Å²) in [6.07, 6.45) is 4.47. The van der Waals surface area contributed by atoms with Crippen molar-refractivity contribution in [3.8, 4) is 0 Å². The molecule has 2 atom stereocenters. The summed E-state index contributed by atoms with van der Waals surface area (Å²) in [4.78, 5) is 35.0. The van der Waals surface area contributed by atoms with E-state index in [4.69, 9.17) is 4.74 Å². The zero-order chi connectivity index (χ0) is 28.7. The maximum atomic E-state index is 14.7. The van der Waals surface area contributed by atoms with Gasteiger partial charge in [-0.2, -0.15) is 0 Å². The Morgan fingerprint density at radius 3 is 2.34 bits per heavy atom. The molecule has 41 heavy (non-hydrogen) atoms. The minimum absolute atomic E-state index is 0.0947. The molecule has 1 aliphatic heterocycles. The second-order valence-electron chi connectivity index (χ2n) is 10.4. The van der Waals surface area contributed by atoms with Gasteiger partial charge in [-0.15, -0.1) is 0 Å². The summed E-state index contributed by atoms with van der Waals surface area (Å²) in [6, 6.07) is 28.2. The number of aromatic nitrogens is 1. The standard InChI is InChI=1S/C34H35N3O4/c1-41-21-7-18-36-33(40)34(22-25-8-3-2-4-9-25)30-11-6-5-10-29(30)32(39)37(23-26-16-19-35-20-17-26)31(34)28-14-12-27(24-38)13-15-28/h2-6,8-17,19-20,31,38H,7,18,21-24H2,1H3,(H,36,40)/t31-,34-/m0/s1. The number of amides is 2. The van der Waals surface area contributed by atoms with Crippen LogP contribution in [0.4, 0.5) is 0 Å². The molecule has 7 heteroatoms. The molecule has 0 saturated heterocycles. The molecule has 0 radical (unpaired) electrons. The van der Waals surface area contributed by atoms with Gasteiger partial charge in [-0.3, -0.25) is 14.6 Å². The van der Waals surface area contributed by atoms with Crippen molar-refractivity contribution in [3.05, 3.63) is 137 Å². The lowest BCUT2D eigenvalue weighted by atomic mass is 9.63. The van der Waals surface area contributed by atoms with E-state index >= 15 is 0 Å². The van der Waals surface area contributed by atoms with E-state index in [9.17, 15) is 14.7 Å². The largest absolute Gasteiger partial charge is 0.392 e. The van der Waals surface area contributed by atoms with Crippen LogP contribution in [0.15, 0.2) is 103 Å². The second kappa shape index (κ2) is 12.9. The molecule has 3 aromatic carbocycles. The van der Waals surface area contributed by atoms with E-state index in [-0.39, 0.29) is 18.4 Å². The van der Waals surface area contributed by atoms with Crippen LogP contribution in [-0.4, -0.2) is 47.1 Å². The SMILES string of the molecule is COCCCNC(=O)[C@@]1(Cc2ccccc2)c2ccccc2C(=O)N(Cc2ccncc2)[C@H]1c1ccc(CO)cc1. The average Bonchev–Trinajstić information content (AvgIpc) is 3.02. The Balaban J connectivity index is 1.75. The van der Waals surface area contributed by atoms with Crippen molar-refractivity contribution in [2.75, 3.05) is 20.3 Å². The van der Waals surface area contributed by atoms with E-state index in [0.717, 1.165) is 22.3 Å². The highest BCUT2D eigenvalue weighted by atomic mass is 16.5. The number of carbonyl (C=O) groups is 2. The van der Waals surface area contributed by atoms with E-state index in [1.165, 1.54) is 0 Å². The molecule has 2 N–H and O–H groups in total. The molecule has 0 aliphatic carbocycles. The van der Waals surface area contributed by atoms with Crippen LogP contribution in [-0.2, 0) is 34.5 Å². The third kappa shape index (κ3) is 5.78. The first-order valence-corrected chi connectivity index (χ1v) is 13.9. The summed E-state index contributed by atoms with van der Waals surface area (Å²) < 4.78 is 5.23. The molecule has 0 fully saturated rings. The highest BCUT2D eigenvalue weighted by molar-refractivity contribution is 6.03. The van der Waals surface area contributed by atoms with E-state index in [1.54, 1.807) is 19.5 Å². The summed E-state index contributed by atoms with van der Waals surface area (Å²) >= 11 is 0. The average molecular weight is 550 g/mol. The molecular weight excluding hydrogens is 514 g/mol. The Kier molecular flexibility index (Phi) is 8.87. The molecule has 2 amide bonds. The maximum absolute atomic E-state index is 14.7. The number of rotatable bonds is 11. The molecule has 1 aliphatic rings. The van der Waals surface area contributed by atoms with Gasteiger partial charge in [-0.25, -0.2) is 0 Å². The number of carbonyl (C=O) groups excluding carboxylic acids is 2. The summed E-state index contributed by atoms with van der Waals surface area (Å²) in [5, 5.41) is 12.9. The van der Waals surface area contributed by atoms with Crippen LogP contribution in [0.25, 0.3) is 0 Å². The van der Waals surface area contributed by atoms with E-state index < -0.39 is 11.5 Å². The lowest BCUT2D eigenvalue weighted by Crippen LogP contribution is -2.59. The molecular formula is C34H35N3O4.